The van der Waals surface area contributed by atoms with Crippen LogP contribution in [-0.2, 0) is 15.8 Å². The van der Waals surface area contributed by atoms with Gasteiger partial charge in [0.2, 0.25) is 10.0 Å². The van der Waals surface area contributed by atoms with E-state index in [9.17, 15) is 12.8 Å². The number of rotatable bonds is 3. The Labute approximate surface area is 137 Å². The van der Waals surface area contributed by atoms with Gasteiger partial charge in [-0.05, 0) is 48.9 Å². The first-order valence-corrected chi connectivity index (χ1v) is 9.03. The second kappa shape index (κ2) is 6.83. The molecule has 124 valence electrons. The zero-order chi connectivity index (χ0) is 14.9. The van der Waals surface area contributed by atoms with Crippen LogP contribution in [-0.4, -0.2) is 38.9 Å². The van der Waals surface area contributed by atoms with E-state index in [1.165, 1.54) is 12.1 Å². The lowest BCUT2D eigenvalue weighted by Gasteiger charge is -2.39. The standard InChI is InChI=1S/C15H21FN2O2S.ClH/c16-14-4-2-13(3-5-14)10-21(19,20)18-9-1-6-15(12-18)7-8-17-11-15;/h2-5,17H,1,6-12H2;1H. The lowest BCUT2D eigenvalue weighted by molar-refractivity contribution is 0.166. The summed E-state index contributed by atoms with van der Waals surface area (Å²) in [6.45, 7) is 3.11. The molecule has 1 aromatic rings. The van der Waals surface area contributed by atoms with E-state index < -0.39 is 10.0 Å². The highest BCUT2D eigenvalue weighted by atomic mass is 35.5. The van der Waals surface area contributed by atoms with Crippen LogP contribution in [0.2, 0.25) is 0 Å². The van der Waals surface area contributed by atoms with Crippen molar-refractivity contribution in [2.75, 3.05) is 26.2 Å². The molecule has 1 N–H and O–H groups in total. The zero-order valence-corrected chi connectivity index (χ0v) is 14.1. The second-order valence-electron chi connectivity index (χ2n) is 6.25. The van der Waals surface area contributed by atoms with Crippen molar-refractivity contribution in [3.63, 3.8) is 0 Å². The van der Waals surface area contributed by atoms with Gasteiger partial charge in [-0.1, -0.05) is 12.1 Å². The molecular formula is C15H22ClFN2O2S. The van der Waals surface area contributed by atoms with Crippen LogP contribution in [0.5, 0.6) is 0 Å². The van der Waals surface area contributed by atoms with Crippen molar-refractivity contribution in [2.45, 2.75) is 25.0 Å². The summed E-state index contributed by atoms with van der Waals surface area (Å²) in [5.74, 6) is -0.387. The summed E-state index contributed by atoms with van der Waals surface area (Å²) in [5.41, 5.74) is 0.759. The largest absolute Gasteiger partial charge is 0.316 e. The van der Waals surface area contributed by atoms with Crippen molar-refractivity contribution >= 4 is 22.4 Å². The number of hydrogen-bond donors (Lipinski definition) is 1. The van der Waals surface area contributed by atoms with E-state index >= 15 is 0 Å². The van der Waals surface area contributed by atoms with Crippen molar-refractivity contribution in [2.24, 2.45) is 5.41 Å². The summed E-state index contributed by atoms with van der Waals surface area (Å²) < 4.78 is 39.7. The van der Waals surface area contributed by atoms with E-state index in [-0.39, 0.29) is 29.4 Å². The maximum Gasteiger partial charge on any atom is 0.218 e. The Kier molecular flexibility index (Phi) is 5.48. The minimum absolute atomic E-state index is 0. The van der Waals surface area contributed by atoms with Gasteiger partial charge in [0.25, 0.3) is 0 Å². The first-order valence-electron chi connectivity index (χ1n) is 7.42. The minimum Gasteiger partial charge on any atom is -0.316 e. The second-order valence-corrected chi connectivity index (χ2v) is 8.22. The summed E-state index contributed by atoms with van der Waals surface area (Å²) in [4.78, 5) is 0. The fourth-order valence-corrected chi connectivity index (χ4v) is 5.10. The fraction of sp³-hybridized carbons (Fsp3) is 0.600. The Hall–Kier alpha value is -0.690. The van der Waals surface area contributed by atoms with E-state index in [1.54, 1.807) is 16.4 Å². The van der Waals surface area contributed by atoms with E-state index in [0.29, 0.717) is 18.7 Å². The van der Waals surface area contributed by atoms with E-state index in [4.69, 9.17) is 0 Å². The Morgan fingerprint density at radius 3 is 2.59 bits per heavy atom. The zero-order valence-electron chi connectivity index (χ0n) is 12.4. The minimum atomic E-state index is -3.33. The first-order chi connectivity index (χ1) is 9.99. The molecule has 7 heteroatoms. The maximum atomic E-state index is 12.9. The highest BCUT2D eigenvalue weighted by Gasteiger charge is 2.41. The Balaban J connectivity index is 0.00000176. The molecule has 0 aromatic heterocycles. The molecule has 2 heterocycles. The van der Waals surface area contributed by atoms with Gasteiger partial charge < -0.3 is 5.32 Å². The SMILES string of the molecule is Cl.O=S(=O)(Cc1ccc(F)cc1)N1CCCC2(CCNC2)C1. The third-order valence-corrected chi connectivity index (χ3v) is 6.41. The lowest BCUT2D eigenvalue weighted by atomic mass is 9.80. The Bertz CT molecular complexity index is 600. The molecule has 2 aliphatic heterocycles. The Morgan fingerprint density at radius 1 is 1.23 bits per heavy atom. The quantitative estimate of drug-likeness (QED) is 0.910. The average Bonchev–Trinajstić information content (AvgIpc) is 2.89. The van der Waals surface area contributed by atoms with Gasteiger partial charge in [-0.3, -0.25) is 0 Å². The predicted molar refractivity (Wildman–Crippen MR) is 87.0 cm³/mol. The summed E-state index contributed by atoms with van der Waals surface area (Å²) >= 11 is 0. The van der Waals surface area contributed by atoms with E-state index in [2.05, 4.69) is 5.32 Å². The van der Waals surface area contributed by atoms with Crippen molar-refractivity contribution in [1.82, 2.24) is 9.62 Å². The molecule has 1 spiro atoms. The molecule has 0 bridgehead atoms. The molecule has 1 unspecified atom stereocenters. The lowest BCUT2D eigenvalue weighted by Crippen LogP contribution is -2.47. The maximum absolute atomic E-state index is 12.9. The monoisotopic (exact) mass is 348 g/mol. The van der Waals surface area contributed by atoms with Crippen LogP contribution in [0.3, 0.4) is 0 Å². The third-order valence-electron chi connectivity index (χ3n) is 4.61. The molecule has 2 saturated heterocycles. The fourth-order valence-electron chi connectivity index (χ4n) is 3.43. The smallest absolute Gasteiger partial charge is 0.218 e. The molecule has 0 amide bonds. The number of sulfonamides is 1. The highest BCUT2D eigenvalue weighted by molar-refractivity contribution is 7.88. The van der Waals surface area contributed by atoms with Crippen LogP contribution < -0.4 is 5.32 Å². The number of nitrogens with one attached hydrogen (secondary N) is 1. The first kappa shape index (κ1) is 17.7. The van der Waals surface area contributed by atoms with Crippen molar-refractivity contribution < 1.29 is 12.8 Å². The molecule has 1 atom stereocenters. The average molecular weight is 349 g/mol. The number of piperidine rings is 1. The molecule has 0 aliphatic carbocycles. The van der Waals surface area contributed by atoms with Crippen molar-refractivity contribution in [1.29, 1.82) is 0 Å². The molecule has 1 aromatic carbocycles. The normalized spacial score (nSPS) is 26.0. The summed E-state index contributed by atoms with van der Waals surface area (Å²) in [5, 5.41) is 3.35. The van der Waals surface area contributed by atoms with Crippen molar-refractivity contribution in [3.8, 4) is 0 Å². The van der Waals surface area contributed by atoms with Crippen LogP contribution in [0.15, 0.2) is 24.3 Å². The van der Waals surface area contributed by atoms with Crippen LogP contribution in [0, 0.1) is 11.2 Å². The molecule has 0 saturated carbocycles. The summed E-state index contributed by atoms with van der Waals surface area (Å²) in [7, 11) is -3.33. The highest BCUT2D eigenvalue weighted by Crippen LogP contribution is 2.36. The molecule has 2 aliphatic rings. The van der Waals surface area contributed by atoms with Gasteiger partial charge in [0, 0.05) is 19.6 Å². The van der Waals surface area contributed by atoms with Crippen LogP contribution >= 0.6 is 12.4 Å². The van der Waals surface area contributed by atoms with Gasteiger partial charge in [0.05, 0.1) is 5.75 Å². The molecule has 0 radical (unpaired) electrons. The predicted octanol–water partition coefficient (Wildman–Crippen LogP) is 2.15. The van der Waals surface area contributed by atoms with E-state index in [0.717, 1.165) is 32.4 Å². The van der Waals surface area contributed by atoms with Crippen LogP contribution in [0.1, 0.15) is 24.8 Å². The van der Waals surface area contributed by atoms with Gasteiger partial charge in [-0.15, -0.1) is 12.4 Å². The van der Waals surface area contributed by atoms with Crippen molar-refractivity contribution in [3.05, 3.63) is 35.6 Å². The topological polar surface area (TPSA) is 49.4 Å². The van der Waals surface area contributed by atoms with Gasteiger partial charge in [-0.25, -0.2) is 17.1 Å². The molecular weight excluding hydrogens is 327 g/mol. The third kappa shape index (κ3) is 3.79. The van der Waals surface area contributed by atoms with Gasteiger partial charge in [0.1, 0.15) is 5.82 Å². The number of nitrogens with zero attached hydrogens (tertiary/aromatic N) is 1. The molecule has 22 heavy (non-hydrogen) atoms. The summed E-state index contributed by atoms with van der Waals surface area (Å²) in [6, 6.07) is 5.71. The molecule has 3 rings (SSSR count). The van der Waals surface area contributed by atoms with Gasteiger partial charge in [0.15, 0.2) is 0 Å². The summed E-state index contributed by atoms with van der Waals surface area (Å²) in [6.07, 6.45) is 3.07. The molecule has 2 fully saturated rings. The Morgan fingerprint density at radius 2 is 1.95 bits per heavy atom. The number of benzene rings is 1. The van der Waals surface area contributed by atoms with Crippen LogP contribution in [0.25, 0.3) is 0 Å². The molecule has 4 nitrogen and oxygen atoms in total. The number of hydrogen-bond acceptors (Lipinski definition) is 3. The van der Waals surface area contributed by atoms with E-state index in [1.807, 2.05) is 0 Å². The number of halogens is 2. The van der Waals surface area contributed by atoms with Gasteiger partial charge >= 0.3 is 0 Å². The van der Waals surface area contributed by atoms with Crippen LogP contribution in [0.4, 0.5) is 4.39 Å². The van der Waals surface area contributed by atoms with Gasteiger partial charge in [-0.2, -0.15) is 0 Å².